The van der Waals surface area contributed by atoms with Crippen LogP contribution < -0.4 is 0 Å². The van der Waals surface area contributed by atoms with Gasteiger partial charge in [-0.05, 0) is 35.4 Å². The van der Waals surface area contributed by atoms with Crippen LogP contribution in [0.3, 0.4) is 0 Å². The first kappa shape index (κ1) is 18.2. The van der Waals surface area contributed by atoms with Crippen LogP contribution in [0.1, 0.15) is 11.1 Å². The summed E-state index contributed by atoms with van der Waals surface area (Å²) in [6.07, 6.45) is -0.394. The van der Waals surface area contributed by atoms with E-state index in [0.29, 0.717) is 36.5 Å². The molecule has 0 N–H and O–H groups in total. The van der Waals surface area contributed by atoms with Gasteiger partial charge in [0.15, 0.2) is 0 Å². The second-order valence-electron chi connectivity index (χ2n) is 6.55. The molecule has 0 aromatic heterocycles. The first-order valence-corrected chi connectivity index (χ1v) is 9.40. The first-order chi connectivity index (χ1) is 12.7. The van der Waals surface area contributed by atoms with E-state index >= 15 is 0 Å². The summed E-state index contributed by atoms with van der Waals surface area (Å²) in [4.78, 5) is 0. The maximum absolute atomic E-state index is 6.01. The molecule has 6 heteroatoms. The van der Waals surface area contributed by atoms with Crippen molar-refractivity contribution in [3.05, 3.63) is 69.7 Å². The van der Waals surface area contributed by atoms with Crippen LogP contribution in [0.25, 0.3) is 0 Å². The second kappa shape index (κ2) is 8.26. The van der Waals surface area contributed by atoms with Gasteiger partial charge in [-0.15, -0.1) is 0 Å². The fourth-order valence-electron chi connectivity index (χ4n) is 3.37. The smallest absolute Gasteiger partial charge is 0.115 e. The molecular formula is C20H20Cl2O4. The minimum absolute atomic E-state index is 0.0984. The van der Waals surface area contributed by atoms with Crippen molar-refractivity contribution in [2.24, 2.45) is 0 Å². The van der Waals surface area contributed by atoms with Crippen molar-refractivity contribution in [2.45, 2.75) is 37.6 Å². The Kier molecular flexibility index (Phi) is 5.79. The Morgan fingerprint density at radius 2 is 1.23 bits per heavy atom. The fourth-order valence-corrected chi connectivity index (χ4v) is 3.80. The Labute approximate surface area is 162 Å². The summed E-state index contributed by atoms with van der Waals surface area (Å²) in [6, 6.07) is 15.3. The number of hydrogen-bond acceptors (Lipinski definition) is 4. The van der Waals surface area contributed by atoms with E-state index in [4.69, 9.17) is 42.1 Å². The lowest BCUT2D eigenvalue weighted by Gasteiger charge is -2.17. The number of fused-ring (bicyclic) bond motifs is 1. The Bertz CT molecular complexity index is 691. The van der Waals surface area contributed by atoms with Gasteiger partial charge in [0.25, 0.3) is 0 Å². The molecule has 2 fully saturated rings. The van der Waals surface area contributed by atoms with Crippen LogP contribution in [-0.4, -0.2) is 37.6 Å². The van der Waals surface area contributed by atoms with Crippen molar-refractivity contribution in [1.29, 1.82) is 0 Å². The van der Waals surface area contributed by atoms with Crippen LogP contribution in [0.4, 0.5) is 0 Å². The van der Waals surface area contributed by atoms with E-state index in [2.05, 4.69) is 0 Å². The van der Waals surface area contributed by atoms with E-state index in [9.17, 15) is 0 Å². The minimum Gasteiger partial charge on any atom is -0.370 e. The molecule has 0 saturated carbocycles. The normalized spacial score (nSPS) is 27.6. The average Bonchev–Trinajstić information content (AvgIpc) is 3.21. The van der Waals surface area contributed by atoms with Gasteiger partial charge < -0.3 is 18.9 Å². The summed E-state index contributed by atoms with van der Waals surface area (Å²) in [5, 5.41) is 1.41. The molecule has 2 aliphatic heterocycles. The predicted octanol–water partition coefficient (Wildman–Crippen LogP) is 4.26. The summed E-state index contributed by atoms with van der Waals surface area (Å²) in [7, 11) is 0. The monoisotopic (exact) mass is 394 g/mol. The summed E-state index contributed by atoms with van der Waals surface area (Å²) in [5.74, 6) is 0. The summed E-state index contributed by atoms with van der Waals surface area (Å²) >= 11 is 12.0. The standard InChI is InChI=1S/C20H20Cl2O4/c21-15-5-1-3-13(7-15)9-23-17-11-25-20-18(12-26-19(17)20)24-10-14-4-2-6-16(22)8-14/h1-8,17-20H,9-12H2/t17-,18+,19-,20-/m0/s1. The van der Waals surface area contributed by atoms with E-state index in [1.807, 2.05) is 48.5 Å². The van der Waals surface area contributed by atoms with Crippen LogP contribution in [0, 0.1) is 0 Å². The molecule has 4 rings (SSSR count). The third-order valence-electron chi connectivity index (χ3n) is 4.67. The van der Waals surface area contributed by atoms with Gasteiger partial charge >= 0.3 is 0 Å². The highest BCUT2D eigenvalue weighted by atomic mass is 35.5. The molecule has 4 nitrogen and oxygen atoms in total. The van der Waals surface area contributed by atoms with Gasteiger partial charge in [0.05, 0.1) is 26.4 Å². The molecule has 138 valence electrons. The maximum Gasteiger partial charge on any atom is 0.115 e. The van der Waals surface area contributed by atoms with Gasteiger partial charge in [0.1, 0.15) is 24.4 Å². The molecule has 4 atom stereocenters. The molecule has 2 aromatic rings. The Morgan fingerprint density at radius 3 is 1.65 bits per heavy atom. The second-order valence-corrected chi connectivity index (χ2v) is 7.43. The number of ether oxygens (including phenoxy) is 4. The largest absolute Gasteiger partial charge is 0.370 e. The van der Waals surface area contributed by atoms with E-state index in [1.54, 1.807) is 0 Å². The zero-order valence-electron chi connectivity index (χ0n) is 14.1. The lowest BCUT2D eigenvalue weighted by molar-refractivity contribution is -0.0580. The third-order valence-corrected chi connectivity index (χ3v) is 5.14. The zero-order chi connectivity index (χ0) is 17.9. The summed E-state index contributed by atoms with van der Waals surface area (Å²) < 4.78 is 23.8. The predicted molar refractivity (Wildman–Crippen MR) is 99.5 cm³/mol. The van der Waals surface area contributed by atoms with Gasteiger partial charge in [0.2, 0.25) is 0 Å². The first-order valence-electron chi connectivity index (χ1n) is 8.64. The number of rotatable bonds is 6. The minimum atomic E-state index is -0.0986. The van der Waals surface area contributed by atoms with E-state index in [-0.39, 0.29) is 24.4 Å². The van der Waals surface area contributed by atoms with Crippen LogP contribution in [0.15, 0.2) is 48.5 Å². The van der Waals surface area contributed by atoms with Crippen molar-refractivity contribution in [3.63, 3.8) is 0 Å². The molecule has 2 saturated heterocycles. The van der Waals surface area contributed by atoms with Crippen molar-refractivity contribution in [2.75, 3.05) is 13.2 Å². The molecule has 0 spiro atoms. The van der Waals surface area contributed by atoms with Crippen LogP contribution in [0.5, 0.6) is 0 Å². The van der Waals surface area contributed by atoms with Crippen molar-refractivity contribution < 1.29 is 18.9 Å². The third kappa shape index (κ3) is 4.22. The quantitative estimate of drug-likeness (QED) is 0.733. The Morgan fingerprint density at radius 1 is 0.769 bits per heavy atom. The highest BCUT2D eigenvalue weighted by molar-refractivity contribution is 6.30. The highest BCUT2D eigenvalue weighted by Crippen LogP contribution is 2.31. The van der Waals surface area contributed by atoms with E-state index in [1.165, 1.54) is 0 Å². The van der Waals surface area contributed by atoms with Gasteiger partial charge in [-0.2, -0.15) is 0 Å². The molecule has 26 heavy (non-hydrogen) atoms. The maximum atomic E-state index is 6.01. The van der Waals surface area contributed by atoms with Gasteiger partial charge in [-0.1, -0.05) is 47.5 Å². The Balaban J connectivity index is 1.29. The number of benzene rings is 2. The summed E-state index contributed by atoms with van der Waals surface area (Å²) in [6.45, 7) is 1.98. The van der Waals surface area contributed by atoms with Crippen LogP contribution >= 0.6 is 23.2 Å². The van der Waals surface area contributed by atoms with Crippen LogP contribution in [0.2, 0.25) is 10.0 Å². The van der Waals surface area contributed by atoms with E-state index in [0.717, 1.165) is 11.1 Å². The molecule has 2 aliphatic rings. The van der Waals surface area contributed by atoms with Gasteiger partial charge in [-0.3, -0.25) is 0 Å². The lowest BCUT2D eigenvalue weighted by Crippen LogP contribution is -2.34. The summed E-state index contributed by atoms with van der Waals surface area (Å²) in [5.41, 5.74) is 2.07. The molecule has 2 aromatic carbocycles. The molecule has 0 aliphatic carbocycles. The van der Waals surface area contributed by atoms with E-state index < -0.39 is 0 Å². The average molecular weight is 395 g/mol. The van der Waals surface area contributed by atoms with Gasteiger partial charge in [-0.25, -0.2) is 0 Å². The number of hydrogen-bond donors (Lipinski definition) is 0. The van der Waals surface area contributed by atoms with Crippen LogP contribution in [-0.2, 0) is 32.2 Å². The fraction of sp³-hybridized carbons (Fsp3) is 0.400. The topological polar surface area (TPSA) is 36.9 Å². The van der Waals surface area contributed by atoms with Gasteiger partial charge in [0, 0.05) is 10.0 Å². The SMILES string of the molecule is Clc1cccc(CO[C@H]2CO[C@@H]3[C@H]2OC[C@H]3OCc2cccc(Cl)c2)c1. The molecule has 0 amide bonds. The Hall–Kier alpha value is -1.14. The molecule has 2 heterocycles. The van der Waals surface area contributed by atoms with Crippen molar-refractivity contribution in [1.82, 2.24) is 0 Å². The molecule has 0 unspecified atom stereocenters. The van der Waals surface area contributed by atoms with Crippen molar-refractivity contribution in [3.8, 4) is 0 Å². The van der Waals surface area contributed by atoms with Crippen molar-refractivity contribution >= 4 is 23.2 Å². The molecule has 0 radical (unpaired) electrons. The highest BCUT2D eigenvalue weighted by Gasteiger charge is 2.48. The number of halogens is 2. The lowest BCUT2D eigenvalue weighted by atomic mass is 10.1. The molecular weight excluding hydrogens is 375 g/mol. The zero-order valence-corrected chi connectivity index (χ0v) is 15.7. The molecule has 0 bridgehead atoms.